The molecule has 0 amide bonds. The van der Waals surface area contributed by atoms with E-state index in [4.69, 9.17) is 4.74 Å². The molecule has 0 fully saturated rings. The Labute approximate surface area is 124 Å². The maximum atomic E-state index is 12.7. The zero-order chi connectivity index (χ0) is 15.2. The first-order chi connectivity index (χ1) is 10.0. The molecular formula is C18H19FO2. The first kappa shape index (κ1) is 15.2. The van der Waals surface area contributed by atoms with Crippen molar-refractivity contribution in [3.63, 3.8) is 0 Å². The topological polar surface area (TPSA) is 26.3 Å². The number of aryl methyl sites for hydroxylation is 1. The van der Waals surface area contributed by atoms with Crippen molar-refractivity contribution in [3.05, 3.63) is 65.5 Å². The summed E-state index contributed by atoms with van der Waals surface area (Å²) in [7, 11) is 0. The minimum Gasteiger partial charge on any atom is -0.427 e. The molecule has 110 valence electrons. The summed E-state index contributed by atoms with van der Waals surface area (Å²) in [6.07, 6.45) is 0.941. The molecule has 0 spiro atoms. The number of hydrogen-bond donors (Lipinski definition) is 0. The van der Waals surface area contributed by atoms with Crippen LogP contribution in [0.1, 0.15) is 37.3 Å². The molecule has 0 aliphatic rings. The first-order valence-corrected chi connectivity index (χ1v) is 7.09. The van der Waals surface area contributed by atoms with Crippen LogP contribution in [0.5, 0.6) is 5.75 Å². The lowest BCUT2D eigenvalue weighted by atomic mass is 10.0. The van der Waals surface area contributed by atoms with Crippen LogP contribution in [-0.2, 0) is 11.2 Å². The molecule has 0 saturated heterocycles. The molecule has 0 aliphatic carbocycles. The van der Waals surface area contributed by atoms with E-state index in [0.29, 0.717) is 24.5 Å². The lowest BCUT2D eigenvalue weighted by Gasteiger charge is -2.07. The number of benzene rings is 2. The number of carbonyl (C=O) groups is 1. The van der Waals surface area contributed by atoms with Gasteiger partial charge in [-0.05, 0) is 47.7 Å². The van der Waals surface area contributed by atoms with Gasteiger partial charge in [0, 0.05) is 6.42 Å². The molecule has 0 saturated carbocycles. The highest BCUT2D eigenvalue weighted by atomic mass is 19.1. The van der Waals surface area contributed by atoms with E-state index in [-0.39, 0.29) is 11.8 Å². The third-order valence-electron chi connectivity index (χ3n) is 3.31. The summed E-state index contributed by atoms with van der Waals surface area (Å²) in [5.74, 6) is 0.216. The van der Waals surface area contributed by atoms with Crippen LogP contribution in [0.3, 0.4) is 0 Å². The zero-order valence-corrected chi connectivity index (χ0v) is 12.3. The van der Waals surface area contributed by atoms with Crippen molar-refractivity contribution in [3.8, 4) is 5.75 Å². The lowest BCUT2D eigenvalue weighted by Crippen LogP contribution is -2.09. The maximum Gasteiger partial charge on any atom is 0.311 e. The lowest BCUT2D eigenvalue weighted by molar-refractivity contribution is -0.134. The molecule has 0 atom stereocenters. The molecule has 0 heterocycles. The molecule has 0 bridgehead atoms. The molecule has 0 aliphatic heterocycles. The van der Waals surface area contributed by atoms with Crippen molar-refractivity contribution in [1.29, 1.82) is 0 Å². The predicted molar refractivity (Wildman–Crippen MR) is 80.9 cm³/mol. The normalized spacial score (nSPS) is 10.7. The summed E-state index contributed by atoms with van der Waals surface area (Å²) < 4.78 is 17.9. The van der Waals surface area contributed by atoms with E-state index in [1.807, 2.05) is 12.1 Å². The Kier molecular flexibility index (Phi) is 5.09. The summed E-state index contributed by atoms with van der Waals surface area (Å²) in [5.41, 5.74) is 2.39. The molecule has 2 aromatic carbocycles. The maximum absolute atomic E-state index is 12.7. The van der Waals surface area contributed by atoms with Crippen LogP contribution in [-0.4, -0.2) is 5.97 Å². The van der Waals surface area contributed by atoms with Gasteiger partial charge in [-0.1, -0.05) is 38.1 Å². The van der Waals surface area contributed by atoms with Crippen LogP contribution in [0.15, 0.2) is 48.5 Å². The van der Waals surface area contributed by atoms with Crippen molar-refractivity contribution < 1.29 is 13.9 Å². The summed E-state index contributed by atoms with van der Waals surface area (Å²) >= 11 is 0. The SMILES string of the molecule is CC(C)c1ccc(CCC(=O)Oc2ccc(F)cc2)cc1. The van der Waals surface area contributed by atoms with E-state index in [1.165, 1.54) is 29.8 Å². The quantitative estimate of drug-likeness (QED) is 0.598. The second-order valence-electron chi connectivity index (χ2n) is 5.32. The Morgan fingerprint density at radius 1 is 1.05 bits per heavy atom. The van der Waals surface area contributed by atoms with Crippen molar-refractivity contribution in [2.24, 2.45) is 0 Å². The van der Waals surface area contributed by atoms with E-state index in [9.17, 15) is 9.18 Å². The van der Waals surface area contributed by atoms with Gasteiger partial charge in [0.1, 0.15) is 11.6 Å². The number of hydrogen-bond acceptors (Lipinski definition) is 2. The van der Waals surface area contributed by atoms with Crippen molar-refractivity contribution in [2.75, 3.05) is 0 Å². The molecule has 3 heteroatoms. The van der Waals surface area contributed by atoms with E-state index < -0.39 is 0 Å². The van der Waals surface area contributed by atoms with Gasteiger partial charge in [0.15, 0.2) is 0 Å². The second kappa shape index (κ2) is 7.02. The molecule has 2 rings (SSSR count). The fourth-order valence-corrected chi connectivity index (χ4v) is 2.00. The highest BCUT2D eigenvalue weighted by Gasteiger charge is 2.06. The van der Waals surface area contributed by atoms with Crippen molar-refractivity contribution in [1.82, 2.24) is 0 Å². The average Bonchev–Trinajstić information content (AvgIpc) is 2.48. The van der Waals surface area contributed by atoms with E-state index >= 15 is 0 Å². The molecule has 0 radical (unpaired) electrons. The van der Waals surface area contributed by atoms with Gasteiger partial charge in [-0.2, -0.15) is 0 Å². The summed E-state index contributed by atoms with van der Waals surface area (Å²) in [4.78, 5) is 11.7. The van der Waals surface area contributed by atoms with Gasteiger partial charge in [-0.25, -0.2) is 4.39 Å². The number of ether oxygens (including phenoxy) is 1. The van der Waals surface area contributed by atoms with Gasteiger partial charge < -0.3 is 4.74 Å². The standard InChI is InChI=1S/C18H19FO2/c1-13(2)15-6-3-14(4-7-15)5-12-18(20)21-17-10-8-16(19)9-11-17/h3-4,6-11,13H,5,12H2,1-2H3. The summed E-state index contributed by atoms with van der Waals surface area (Å²) in [6.45, 7) is 4.30. The van der Waals surface area contributed by atoms with Gasteiger partial charge in [0.2, 0.25) is 0 Å². The Morgan fingerprint density at radius 2 is 1.67 bits per heavy atom. The highest BCUT2D eigenvalue weighted by molar-refractivity contribution is 5.72. The molecule has 0 unspecified atom stereocenters. The van der Waals surface area contributed by atoms with Crippen LogP contribution in [0.2, 0.25) is 0 Å². The number of carbonyl (C=O) groups excluding carboxylic acids is 1. The molecular weight excluding hydrogens is 267 g/mol. The van der Waals surface area contributed by atoms with Crippen molar-refractivity contribution in [2.45, 2.75) is 32.6 Å². The van der Waals surface area contributed by atoms with Gasteiger partial charge in [0.05, 0.1) is 0 Å². The Balaban J connectivity index is 1.84. The number of halogens is 1. The summed E-state index contributed by atoms with van der Waals surface area (Å²) in [5, 5.41) is 0. The van der Waals surface area contributed by atoms with Crippen LogP contribution in [0, 0.1) is 5.82 Å². The predicted octanol–water partition coefficient (Wildman–Crippen LogP) is 4.49. The smallest absolute Gasteiger partial charge is 0.311 e. The van der Waals surface area contributed by atoms with Crippen molar-refractivity contribution >= 4 is 5.97 Å². The second-order valence-corrected chi connectivity index (χ2v) is 5.32. The molecule has 2 nitrogen and oxygen atoms in total. The Hall–Kier alpha value is -2.16. The average molecular weight is 286 g/mol. The van der Waals surface area contributed by atoms with Crippen LogP contribution in [0.4, 0.5) is 4.39 Å². The van der Waals surface area contributed by atoms with E-state index in [0.717, 1.165) is 5.56 Å². The third-order valence-corrected chi connectivity index (χ3v) is 3.31. The minimum atomic E-state index is -0.347. The molecule has 0 N–H and O–H groups in total. The van der Waals surface area contributed by atoms with Gasteiger partial charge in [-0.15, -0.1) is 0 Å². The largest absolute Gasteiger partial charge is 0.427 e. The molecule has 0 aromatic heterocycles. The Morgan fingerprint density at radius 3 is 2.24 bits per heavy atom. The van der Waals surface area contributed by atoms with Gasteiger partial charge in [-0.3, -0.25) is 4.79 Å². The highest BCUT2D eigenvalue weighted by Crippen LogP contribution is 2.16. The van der Waals surface area contributed by atoms with E-state index in [1.54, 1.807) is 0 Å². The Bertz CT molecular complexity index is 586. The van der Waals surface area contributed by atoms with Gasteiger partial charge in [0.25, 0.3) is 0 Å². The van der Waals surface area contributed by atoms with E-state index in [2.05, 4.69) is 26.0 Å². The van der Waals surface area contributed by atoms with Crippen LogP contribution in [0.25, 0.3) is 0 Å². The summed E-state index contributed by atoms with van der Waals surface area (Å²) in [6, 6.07) is 13.7. The zero-order valence-electron chi connectivity index (χ0n) is 12.3. The monoisotopic (exact) mass is 286 g/mol. The van der Waals surface area contributed by atoms with Crippen LogP contribution >= 0.6 is 0 Å². The molecule has 21 heavy (non-hydrogen) atoms. The minimum absolute atomic E-state index is 0.304. The van der Waals surface area contributed by atoms with Crippen LogP contribution < -0.4 is 4.74 Å². The van der Waals surface area contributed by atoms with Gasteiger partial charge >= 0.3 is 5.97 Å². The third kappa shape index (κ3) is 4.71. The number of esters is 1. The fraction of sp³-hybridized carbons (Fsp3) is 0.278. The molecule has 2 aromatic rings. The fourth-order valence-electron chi connectivity index (χ4n) is 2.00. The first-order valence-electron chi connectivity index (χ1n) is 7.09. The number of rotatable bonds is 5.